The number of nitriles is 2. The van der Waals surface area contributed by atoms with Gasteiger partial charge in [-0.15, -0.1) is 0 Å². The SMILES string of the molecule is N#Cc1cc(-c2ccc(-n3c4ccccc4c4c(-c5ccc6c7ccccc7n(-c7ccccc7)c6c5)cccc43)c3ccccc23)nc2ccccc12.N#Cc1cc(-c2ccc(-n3c4ccccc4c4c(-c5ccc6c7ccccc7n(-c7ccccc7)c6c5)cccc43)cc2)nc2ccccc12. The molecule has 0 aliphatic rings. The van der Waals surface area contributed by atoms with Gasteiger partial charge in [0.05, 0.1) is 95.5 Å². The summed E-state index contributed by atoms with van der Waals surface area (Å²) in [4.78, 5) is 9.94. The van der Waals surface area contributed by atoms with Gasteiger partial charge in [-0.2, -0.15) is 10.5 Å². The van der Waals surface area contributed by atoms with Gasteiger partial charge >= 0.3 is 0 Å². The molecule has 0 atom stereocenters. The molecule has 21 aromatic rings. The van der Waals surface area contributed by atoms with Crippen LogP contribution in [0.1, 0.15) is 11.1 Å². The maximum absolute atomic E-state index is 10.1. The van der Waals surface area contributed by atoms with Gasteiger partial charge in [-0.3, -0.25) is 0 Å². The molecule has 0 bridgehead atoms. The van der Waals surface area contributed by atoms with Gasteiger partial charge < -0.3 is 18.3 Å². The number of pyridine rings is 2. The minimum atomic E-state index is 0.626. The number of nitrogens with zero attached hydrogens (tertiary/aromatic N) is 8. The lowest BCUT2D eigenvalue weighted by molar-refractivity contribution is 1.18. The van der Waals surface area contributed by atoms with E-state index >= 15 is 0 Å². The molecule has 0 unspecified atom stereocenters. The Hall–Kier alpha value is -14.4. The van der Waals surface area contributed by atoms with Crippen LogP contribution < -0.4 is 0 Å². The van der Waals surface area contributed by atoms with Crippen LogP contribution in [0.3, 0.4) is 0 Å². The number of aromatic nitrogens is 6. The topological polar surface area (TPSA) is 93.1 Å². The molecule has 0 fully saturated rings. The van der Waals surface area contributed by atoms with E-state index in [2.05, 4.69) is 322 Å². The molecule has 8 nitrogen and oxygen atoms in total. The highest BCUT2D eigenvalue weighted by atomic mass is 15.0. The van der Waals surface area contributed by atoms with Crippen LogP contribution in [0.4, 0.5) is 0 Å². The Bertz CT molecular complexity index is 7180. The fourth-order valence-corrected chi connectivity index (χ4v) is 16.3. The maximum Gasteiger partial charge on any atom is 0.0999 e. The summed E-state index contributed by atoms with van der Waals surface area (Å²) in [5, 5.41) is 33.7. The van der Waals surface area contributed by atoms with Crippen molar-refractivity contribution in [2.24, 2.45) is 0 Å². The van der Waals surface area contributed by atoms with Gasteiger partial charge in [-0.25, -0.2) is 9.97 Å². The van der Waals surface area contributed by atoms with Gasteiger partial charge in [0, 0.05) is 87.4 Å². The van der Waals surface area contributed by atoms with E-state index in [1.807, 2.05) is 60.7 Å². The molecule has 21 rings (SSSR count). The lowest BCUT2D eigenvalue weighted by Crippen LogP contribution is -1.97. The third kappa shape index (κ3) is 9.44. The van der Waals surface area contributed by atoms with Crippen molar-refractivity contribution < 1.29 is 0 Å². The molecule has 0 aliphatic heterocycles. The van der Waals surface area contributed by atoms with Crippen molar-refractivity contribution in [1.82, 2.24) is 28.2 Å². The Kier molecular flexibility index (Phi) is 13.9. The largest absolute Gasteiger partial charge is 0.309 e. The summed E-state index contributed by atoms with van der Waals surface area (Å²) in [6.45, 7) is 0. The molecule has 0 saturated heterocycles. The Balaban J connectivity index is 0.000000139. The predicted molar refractivity (Wildman–Crippen MR) is 430 cm³/mol. The molecule has 15 aromatic carbocycles. The van der Waals surface area contributed by atoms with Crippen LogP contribution in [-0.2, 0) is 0 Å². The second-order valence-electron chi connectivity index (χ2n) is 26.5. The van der Waals surface area contributed by atoms with Crippen molar-refractivity contribution in [3.8, 4) is 79.7 Å². The molecular weight excluding hydrogens is 1270 g/mol. The van der Waals surface area contributed by atoms with Crippen LogP contribution in [0.5, 0.6) is 0 Å². The van der Waals surface area contributed by atoms with Crippen molar-refractivity contribution in [3.63, 3.8) is 0 Å². The van der Waals surface area contributed by atoms with Crippen LogP contribution >= 0.6 is 0 Å². The van der Waals surface area contributed by atoms with Crippen molar-refractivity contribution in [1.29, 1.82) is 10.5 Å². The predicted octanol–water partition coefficient (Wildman–Crippen LogP) is 24.4. The van der Waals surface area contributed by atoms with E-state index < -0.39 is 0 Å². The Morgan fingerprint density at radius 2 is 0.587 bits per heavy atom. The fourth-order valence-electron chi connectivity index (χ4n) is 16.3. The maximum atomic E-state index is 10.1. The van der Waals surface area contributed by atoms with Gasteiger partial charge in [0.15, 0.2) is 0 Å². The zero-order valence-electron chi connectivity index (χ0n) is 56.1. The molecule has 8 heteroatoms. The normalized spacial score (nSPS) is 11.6. The second-order valence-corrected chi connectivity index (χ2v) is 26.5. The quantitative estimate of drug-likeness (QED) is 0.151. The molecule has 0 spiro atoms. The lowest BCUT2D eigenvalue weighted by atomic mass is 9.97. The van der Waals surface area contributed by atoms with Crippen LogP contribution in [-0.4, -0.2) is 28.2 Å². The lowest BCUT2D eigenvalue weighted by Gasteiger charge is -2.15. The monoisotopic (exact) mass is 1320 g/mol. The van der Waals surface area contributed by atoms with Crippen LogP contribution in [0.15, 0.2) is 352 Å². The smallest absolute Gasteiger partial charge is 0.0999 e. The minimum absolute atomic E-state index is 0.626. The summed E-state index contributed by atoms with van der Waals surface area (Å²) in [7, 11) is 0. The van der Waals surface area contributed by atoms with E-state index in [-0.39, 0.29) is 0 Å². The van der Waals surface area contributed by atoms with Crippen LogP contribution in [0.25, 0.3) is 187 Å². The highest BCUT2D eigenvalue weighted by Crippen LogP contribution is 2.45. The average Bonchev–Trinajstić information content (AvgIpc) is 1.58. The number of fused-ring (bicyclic) bond motifs is 15. The van der Waals surface area contributed by atoms with E-state index in [0.717, 1.165) is 99.9 Å². The molecule has 6 heterocycles. The molecule has 104 heavy (non-hydrogen) atoms. The first-order valence-electron chi connectivity index (χ1n) is 35.0. The van der Waals surface area contributed by atoms with Crippen molar-refractivity contribution in [2.75, 3.05) is 0 Å². The van der Waals surface area contributed by atoms with Gasteiger partial charge in [-0.05, 0) is 143 Å². The highest BCUT2D eigenvalue weighted by Gasteiger charge is 2.23. The number of para-hydroxylation sites is 8. The summed E-state index contributed by atoms with van der Waals surface area (Å²) in [5.41, 5.74) is 25.0. The molecule has 6 aromatic heterocycles. The van der Waals surface area contributed by atoms with Crippen LogP contribution in [0.2, 0.25) is 0 Å². The van der Waals surface area contributed by atoms with E-state index in [1.54, 1.807) is 0 Å². The van der Waals surface area contributed by atoms with Gasteiger partial charge in [0.25, 0.3) is 0 Å². The van der Waals surface area contributed by atoms with Gasteiger partial charge in [0.1, 0.15) is 0 Å². The first kappa shape index (κ1) is 59.6. The van der Waals surface area contributed by atoms with E-state index in [1.165, 1.54) is 87.4 Å². The third-order valence-electron chi connectivity index (χ3n) is 20.9. The number of rotatable bonds is 8. The molecule has 0 amide bonds. The summed E-state index contributed by atoms with van der Waals surface area (Å²) < 4.78 is 9.53. The van der Waals surface area contributed by atoms with Crippen molar-refractivity contribution in [3.05, 3.63) is 363 Å². The molecular formula is C96H58N8. The molecule has 0 saturated carbocycles. The number of hydrogen-bond acceptors (Lipinski definition) is 4. The minimum Gasteiger partial charge on any atom is -0.309 e. The van der Waals surface area contributed by atoms with Crippen molar-refractivity contribution >= 4 is 120 Å². The van der Waals surface area contributed by atoms with E-state index in [9.17, 15) is 10.5 Å². The first-order valence-corrected chi connectivity index (χ1v) is 35.0. The van der Waals surface area contributed by atoms with E-state index in [0.29, 0.717) is 11.1 Å². The van der Waals surface area contributed by atoms with Crippen LogP contribution in [0, 0.1) is 22.7 Å². The van der Waals surface area contributed by atoms with Gasteiger partial charge in [0.2, 0.25) is 0 Å². The number of hydrogen-bond donors (Lipinski definition) is 0. The summed E-state index contributed by atoms with van der Waals surface area (Å²) >= 11 is 0. The molecule has 482 valence electrons. The number of benzene rings is 15. The van der Waals surface area contributed by atoms with E-state index in [4.69, 9.17) is 9.97 Å². The van der Waals surface area contributed by atoms with Gasteiger partial charge in [-0.1, -0.05) is 237 Å². The summed E-state index contributed by atoms with van der Waals surface area (Å²) in [6.07, 6.45) is 0. The molecule has 0 N–H and O–H groups in total. The molecule has 0 radical (unpaired) electrons. The Labute approximate surface area is 597 Å². The fraction of sp³-hybridized carbons (Fsp3) is 0. The summed E-state index contributed by atoms with van der Waals surface area (Å²) in [6, 6.07) is 129. The Morgan fingerprint density at radius 3 is 1.11 bits per heavy atom. The third-order valence-corrected chi connectivity index (χ3v) is 20.9. The standard InChI is InChI=1S/C50H30N4.C46H28N4/c51-31-33-29-44(52-43-21-9-6-15-35(33)43)38-27-28-47(39-17-5-4-16-37(38)39)54-46-23-11-8-19-42(46)50-36(20-12-24-48(50)54)32-25-26-41-40-18-7-10-22-45(40)53(49(41)30-32)34-13-2-1-3-14-34;47-29-32-27-41(48-40-17-7-4-13-35(32)40)30-21-24-34(25-22-30)49-43-19-9-6-15-39(43)46-36(16-10-20-44(46)49)31-23-26-38-37-14-5-8-18-42(37)50(45(38)28-31)33-11-2-1-3-12-33/h1-30H;1-28H. The van der Waals surface area contributed by atoms with Crippen molar-refractivity contribution in [2.45, 2.75) is 0 Å². The average molecular weight is 1320 g/mol. The molecule has 0 aliphatic carbocycles. The summed E-state index contributed by atoms with van der Waals surface area (Å²) in [5.74, 6) is 0. The first-order chi connectivity index (χ1) is 51.5. The Morgan fingerprint density at radius 1 is 0.221 bits per heavy atom. The highest BCUT2D eigenvalue weighted by molar-refractivity contribution is 6.20. The second kappa shape index (κ2) is 24.2. The zero-order valence-corrected chi connectivity index (χ0v) is 56.1. The zero-order chi connectivity index (χ0) is 68.9.